The molecule has 134 valence electrons. The van der Waals surface area contributed by atoms with Gasteiger partial charge in [-0.05, 0) is 56.6 Å². The number of nitrogens with one attached hydrogen (secondary N) is 1. The number of carbonyl (C=O) groups excluding carboxylic acids is 1. The summed E-state index contributed by atoms with van der Waals surface area (Å²) in [7, 11) is 1.65. The maximum atomic E-state index is 13.0. The molecule has 1 N–H and O–H groups in total. The zero-order chi connectivity index (χ0) is 17.6. The lowest BCUT2D eigenvalue weighted by Crippen LogP contribution is -2.46. The standard InChI is InChI=1S/C19H25N3O2S/c1-3-12-22(15-8-10-20-11-9-15)19(23)17-13-21-18(25-17)14-4-6-16(24-2)7-5-14/h4-7,13,15,20H,3,8-12H2,1-2H3. The van der Waals surface area contributed by atoms with Crippen molar-refractivity contribution in [1.29, 1.82) is 0 Å². The van der Waals surface area contributed by atoms with Gasteiger partial charge in [0.25, 0.3) is 5.91 Å². The number of ether oxygens (including phenoxy) is 1. The van der Waals surface area contributed by atoms with Crippen molar-refractivity contribution >= 4 is 17.2 Å². The Morgan fingerprint density at radius 2 is 2.04 bits per heavy atom. The van der Waals surface area contributed by atoms with Crippen LogP contribution in [0.1, 0.15) is 35.9 Å². The molecule has 25 heavy (non-hydrogen) atoms. The molecule has 3 rings (SSSR count). The Kier molecular flexibility index (Phi) is 6.04. The maximum Gasteiger partial charge on any atom is 0.265 e. The largest absolute Gasteiger partial charge is 0.497 e. The van der Waals surface area contributed by atoms with Gasteiger partial charge in [0.15, 0.2) is 0 Å². The number of methoxy groups -OCH3 is 1. The molecule has 0 unspecified atom stereocenters. The minimum absolute atomic E-state index is 0.117. The minimum Gasteiger partial charge on any atom is -0.497 e. The third kappa shape index (κ3) is 4.19. The third-order valence-electron chi connectivity index (χ3n) is 4.53. The first kappa shape index (κ1) is 17.9. The monoisotopic (exact) mass is 359 g/mol. The Morgan fingerprint density at radius 1 is 1.32 bits per heavy atom. The van der Waals surface area contributed by atoms with Gasteiger partial charge < -0.3 is 15.0 Å². The Labute approximate surface area is 153 Å². The van der Waals surface area contributed by atoms with Crippen LogP contribution in [0.2, 0.25) is 0 Å². The fourth-order valence-corrected chi connectivity index (χ4v) is 4.07. The molecule has 1 aliphatic heterocycles. The summed E-state index contributed by atoms with van der Waals surface area (Å²) in [4.78, 5) is 20.3. The molecule has 0 aliphatic carbocycles. The summed E-state index contributed by atoms with van der Waals surface area (Å²) in [5.41, 5.74) is 1.01. The van der Waals surface area contributed by atoms with E-state index in [1.54, 1.807) is 13.3 Å². The van der Waals surface area contributed by atoms with Gasteiger partial charge in [0.2, 0.25) is 0 Å². The minimum atomic E-state index is 0.117. The van der Waals surface area contributed by atoms with E-state index in [0.717, 1.165) is 60.1 Å². The van der Waals surface area contributed by atoms with Gasteiger partial charge in [-0.15, -0.1) is 11.3 Å². The molecule has 0 atom stereocenters. The second kappa shape index (κ2) is 8.45. The summed E-state index contributed by atoms with van der Waals surface area (Å²) in [6.45, 7) is 4.89. The lowest BCUT2D eigenvalue weighted by Gasteiger charge is -2.34. The van der Waals surface area contributed by atoms with Crippen LogP contribution < -0.4 is 10.1 Å². The molecule has 1 amide bonds. The molecule has 1 aromatic heterocycles. The van der Waals surface area contributed by atoms with Crippen LogP contribution in [-0.4, -0.2) is 48.6 Å². The molecule has 1 aliphatic rings. The Balaban J connectivity index is 1.77. The van der Waals surface area contributed by atoms with Gasteiger partial charge in [0, 0.05) is 18.2 Å². The third-order valence-corrected chi connectivity index (χ3v) is 5.56. The van der Waals surface area contributed by atoms with Gasteiger partial charge >= 0.3 is 0 Å². The van der Waals surface area contributed by atoms with Gasteiger partial charge in [-0.25, -0.2) is 4.98 Å². The van der Waals surface area contributed by atoms with Crippen molar-refractivity contribution in [3.63, 3.8) is 0 Å². The number of rotatable bonds is 6. The van der Waals surface area contributed by atoms with Crippen LogP contribution in [0.4, 0.5) is 0 Å². The van der Waals surface area contributed by atoms with Crippen LogP contribution in [0.5, 0.6) is 5.75 Å². The predicted molar refractivity (Wildman–Crippen MR) is 101 cm³/mol. The molecule has 2 heterocycles. The number of carbonyl (C=O) groups is 1. The molecule has 2 aromatic rings. The van der Waals surface area contributed by atoms with E-state index in [2.05, 4.69) is 17.2 Å². The van der Waals surface area contributed by atoms with Gasteiger partial charge in [-0.3, -0.25) is 4.79 Å². The first-order valence-corrected chi connectivity index (χ1v) is 9.66. The highest BCUT2D eigenvalue weighted by atomic mass is 32.1. The van der Waals surface area contributed by atoms with E-state index >= 15 is 0 Å². The van der Waals surface area contributed by atoms with Crippen molar-refractivity contribution in [2.45, 2.75) is 32.2 Å². The maximum absolute atomic E-state index is 13.0. The SMILES string of the molecule is CCCN(C(=O)c1cnc(-c2ccc(OC)cc2)s1)C1CCNCC1. The number of benzene rings is 1. The van der Waals surface area contributed by atoms with E-state index in [1.807, 2.05) is 29.2 Å². The van der Waals surface area contributed by atoms with E-state index in [0.29, 0.717) is 6.04 Å². The average molecular weight is 359 g/mol. The van der Waals surface area contributed by atoms with E-state index < -0.39 is 0 Å². The molecule has 0 bridgehead atoms. The van der Waals surface area contributed by atoms with Crippen molar-refractivity contribution in [2.24, 2.45) is 0 Å². The topological polar surface area (TPSA) is 54.5 Å². The quantitative estimate of drug-likeness (QED) is 0.859. The van der Waals surface area contributed by atoms with Crippen LogP contribution in [0.25, 0.3) is 10.6 Å². The first-order valence-electron chi connectivity index (χ1n) is 8.85. The van der Waals surface area contributed by atoms with Crippen molar-refractivity contribution in [2.75, 3.05) is 26.7 Å². The number of nitrogens with zero attached hydrogens (tertiary/aromatic N) is 2. The Bertz CT molecular complexity index is 693. The first-order chi connectivity index (χ1) is 12.2. The van der Waals surface area contributed by atoms with Gasteiger partial charge in [0.05, 0.1) is 13.3 Å². The molecule has 0 spiro atoms. The fourth-order valence-electron chi connectivity index (χ4n) is 3.19. The Morgan fingerprint density at radius 3 is 2.68 bits per heavy atom. The molecular weight excluding hydrogens is 334 g/mol. The zero-order valence-corrected chi connectivity index (χ0v) is 15.6. The van der Waals surface area contributed by atoms with E-state index in [-0.39, 0.29) is 5.91 Å². The number of thiazole rings is 1. The molecule has 1 aromatic carbocycles. The molecule has 6 heteroatoms. The molecular formula is C19H25N3O2S. The molecule has 0 radical (unpaired) electrons. The van der Waals surface area contributed by atoms with Crippen LogP contribution in [0.3, 0.4) is 0 Å². The van der Waals surface area contributed by atoms with Crippen LogP contribution in [0.15, 0.2) is 30.5 Å². The van der Waals surface area contributed by atoms with E-state index in [9.17, 15) is 4.79 Å². The van der Waals surface area contributed by atoms with Gasteiger partial charge in [0.1, 0.15) is 15.6 Å². The summed E-state index contributed by atoms with van der Waals surface area (Å²) in [5.74, 6) is 0.933. The summed E-state index contributed by atoms with van der Waals surface area (Å²) >= 11 is 1.47. The lowest BCUT2D eigenvalue weighted by molar-refractivity contribution is 0.0647. The molecule has 0 saturated carbocycles. The fraction of sp³-hybridized carbons (Fsp3) is 0.474. The Hall–Kier alpha value is -1.92. The highest BCUT2D eigenvalue weighted by Gasteiger charge is 2.26. The molecule has 5 nitrogen and oxygen atoms in total. The lowest BCUT2D eigenvalue weighted by atomic mass is 10.0. The van der Waals surface area contributed by atoms with Crippen molar-refractivity contribution < 1.29 is 9.53 Å². The number of hydrogen-bond acceptors (Lipinski definition) is 5. The molecule has 1 fully saturated rings. The molecule has 1 saturated heterocycles. The van der Waals surface area contributed by atoms with Crippen molar-refractivity contribution in [1.82, 2.24) is 15.2 Å². The summed E-state index contributed by atoms with van der Waals surface area (Å²) < 4.78 is 5.19. The van der Waals surface area contributed by atoms with Crippen molar-refractivity contribution in [3.05, 3.63) is 35.3 Å². The van der Waals surface area contributed by atoms with Gasteiger partial charge in [-0.2, -0.15) is 0 Å². The summed E-state index contributed by atoms with van der Waals surface area (Å²) in [6.07, 6.45) is 4.74. The second-order valence-corrected chi connectivity index (χ2v) is 7.27. The number of amides is 1. The highest BCUT2D eigenvalue weighted by molar-refractivity contribution is 7.16. The van der Waals surface area contributed by atoms with E-state index in [1.165, 1.54) is 11.3 Å². The summed E-state index contributed by atoms with van der Waals surface area (Å²) in [5, 5.41) is 4.24. The summed E-state index contributed by atoms with van der Waals surface area (Å²) in [6, 6.07) is 8.11. The van der Waals surface area contributed by atoms with E-state index in [4.69, 9.17) is 4.74 Å². The predicted octanol–water partition coefficient (Wildman–Crippen LogP) is 3.42. The normalized spacial score (nSPS) is 15.1. The highest BCUT2D eigenvalue weighted by Crippen LogP contribution is 2.28. The van der Waals surface area contributed by atoms with Crippen molar-refractivity contribution in [3.8, 4) is 16.3 Å². The smallest absolute Gasteiger partial charge is 0.265 e. The van der Waals surface area contributed by atoms with Crippen LogP contribution in [0, 0.1) is 0 Å². The van der Waals surface area contributed by atoms with Crippen LogP contribution in [-0.2, 0) is 0 Å². The van der Waals surface area contributed by atoms with Crippen LogP contribution >= 0.6 is 11.3 Å². The zero-order valence-electron chi connectivity index (χ0n) is 14.8. The number of piperidine rings is 1. The van der Waals surface area contributed by atoms with Gasteiger partial charge in [-0.1, -0.05) is 6.92 Å². The second-order valence-electron chi connectivity index (χ2n) is 6.24. The number of hydrogen-bond donors (Lipinski definition) is 1. The average Bonchev–Trinajstić information content (AvgIpc) is 3.16. The number of aromatic nitrogens is 1.